The summed E-state index contributed by atoms with van der Waals surface area (Å²) in [5, 5.41) is 6.99. The van der Waals surface area contributed by atoms with Gasteiger partial charge in [0.15, 0.2) is 0 Å². The van der Waals surface area contributed by atoms with Gasteiger partial charge in [-0.05, 0) is 29.3 Å². The van der Waals surface area contributed by atoms with Gasteiger partial charge in [0.05, 0.1) is 0 Å². The van der Waals surface area contributed by atoms with Gasteiger partial charge in [0.1, 0.15) is 0 Å². The van der Waals surface area contributed by atoms with Crippen LogP contribution in [0.1, 0.15) is 12.5 Å². The van der Waals surface area contributed by atoms with Gasteiger partial charge in [0.25, 0.3) is 0 Å². The molecule has 3 heteroatoms. The molecule has 0 aliphatic carbocycles. The molecule has 15 heavy (non-hydrogen) atoms. The van der Waals surface area contributed by atoms with Gasteiger partial charge in [-0.15, -0.1) is 11.3 Å². The van der Waals surface area contributed by atoms with Gasteiger partial charge in [0.2, 0.25) is 0 Å². The number of benzene rings is 1. The van der Waals surface area contributed by atoms with Crippen molar-refractivity contribution in [3.05, 3.63) is 35.2 Å². The second kappa shape index (κ2) is 4.75. The lowest BCUT2D eigenvalue weighted by Gasteiger charge is -2.10. The molecule has 0 amide bonds. The second-order valence-corrected chi connectivity index (χ2v) is 4.69. The minimum Gasteiger partial charge on any atom is -0.329 e. The Morgan fingerprint density at radius 3 is 3.00 bits per heavy atom. The number of hydrogen-bond donors (Lipinski definition) is 2. The Kier molecular flexibility index (Phi) is 3.36. The molecule has 2 rings (SSSR count). The van der Waals surface area contributed by atoms with Crippen LogP contribution in [0.5, 0.6) is 0 Å². The van der Waals surface area contributed by atoms with E-state index in [-0.39, 0.29) is 0 Å². The van der Waals surface area contributed by atoms with Gasteiger partial charge in [-0.1, -0.05) is 18.2 Å². The molecule has 1 atom stereocenters. The van der Waals surface area contributed by atoms with Crippen molar-refractivity contribution in [2.75, 3.05) is 6.54 Å². The Labute approximate surface area is 94.1 Å². The number of nitrogens with one attached hydrogen (secondary N) is 1. The summed E-state index contributed by atoms with van der Waals surface area (Å²) in [6.07, 6.45) is 0. The maximum absolute atomic E-state index is 5.56. The van der Waals surface area contributed by atoms with Gasteiger partial charge in [-0.2, -0.15) is 0 Å². The Balaban J connectivity index is 2.14. The van der Waals surface area contributed by atoms with Crippen molar-refractivity contribution in [3.8, 4) is 0 Å². The summed E-state index contributed by atoms with van der Waals surface area (Å²) in [7, 11) is 0. The third-order valence-electron chi connectivity index (χ3n) is 2.56. The van der Waals surface area contributed by atoms with Crippen LogP contribution < -0.4 is 11.1 Å². The number of thiophene rings is 1. The van der Waals surface area contributed by atoms with E-state index >= 15 is 0 Å². The molecule has 0 saturated carbocycles. The van der Waals surface area contributed by atoms with Crippen molar-refractivity contribution < 1.29 is 0 Å². The Hall–Kier alpha value is -0.900. The topological polar surface area (TPSA) is 38.0 Å². The molecule has 0 spiro atoms. The molecule has 3 N–H and O–H groups in total. The molecule has 1 aromatic carbocycles. The molecule has 2 nitrogen and oxygen atoms in total. The highest BCUT2D eigenvalue weighted by Gasteiger charge is 2.04. The lowest BCUT2D eigenvalue weighted by atomic mass is 10.2. The van der Waals surface area contributed by atoms with Crippen LogP contribution in [-0.4, -0.2) is 12.6 Å². The van der Waals surface area contributed by atoms with Crippen LogP contribution in [-0.2, 0) is 6.54 Å². The highest BCUT2D eigenvalue weighted by Crippen LogP contribution is 2.25. The average Bonchev–Trinajstić information content (AvgIpc) is 2.69. The maximum atomic E-state index is 5.56. The number of nitrogens with two attached hydrogens (primary N) is 1. The zero-order chi connectivity index (χ0) is 10.7. The first-order chi connectivity index (χ1) is 7.31. The van der Waals surface area contributed by atoms with E-state index in [2.05, 4.69) is 41.9 Å². The Morgan fingerprint density at radius 1 is 1.40 bits per heavy atom. The molecule has 80 valence electrons. The molecule has 2 aromatic rings. The molecule has 0 aliphatic heterocycles. The van der Waals surface area contributed by atoms with Crippen LogP contribution in [0, 0.1) is 0 Å². The van der Waals surface area contributed by atoms with E-state index < -0.39 is 0 Å². The molecule has 1 heterocycles. The van der Waals surface area contributed by atoms with Crippen molar-refractivity contribution in [2.24, 2.45) is 5.73 Å². The fraction of sp³-hybridized carbons (Fsp3) is 0.333. The summed E-state index contributed by atoms with van der Waals surface area (Å²) in [5.41, 5.74) is 6.94. The quantitative estimate of drug-likeness (QED) is 0.830. The van der Waals surface area contributed by atoms with Crippen LogP contribution in [0.4, 0.5) is 0 Å². The monoisotopic (exact) mass is 220 g/mol. The first-order valence-corrected chi connectivity index (χ1v) is 6.08. The Morgan fingerprint density at radius 2 is 2.20 bits per heavy atom. The molecule has 0 fully saturated rings. The molecule has 0 bridgehead atoms. The fourth-order valence-corrected chi connectivity index (χ4v) is 2.50. The Bertz CT molecular complexity index is 436. The van der Waals surface area contributed by atoms with E-state index in [0.717, 1.165) is 6.54 Å². The number of rotatable bonds is 4. The molecule has 0 unspecified atom stereocenters. The minimum atomic E-state index is 0.378. The van der Waals surface area contributed by atoms with Crippen molar-refractivity contribution in [3.63, 3.8) is 0 Å². The van der Waals surface area contributed by atoms with Gasteiger partial charge >= 0.3 is 0 Å². The van der Waals surface area contributed by atoms with E-state index in [0.29, 0.717) is 12.6 Å². The molecule has 1 aromatic heterocycles. The lowest BCUT2D eigenvalue weighted by molar-refractivity contribution is 0.558. The van der Waals surface area contributed by atoms with Crippen molar-refractivity contribution in [2.45, 2.75) is 19.5 Å². The van der Waals surface area contributed by atoms with E-state index in [1.807, 2.05) is 0 Å². The van der Waals surface area contributed by atoms with Crippen LogP contribution >= 0.6 is 11.3 Å². The predicted molar refractivity (Wildman–Crippen MR) is 67.2 cm³/mol. The molecule has 0 radical (unpaired) electrons. The maximum Gasteiger partial charge on any atom is 0.0346 e. The normalized spacial score (nSPS) is 13.2. The van der Waals surface area contributed by atoms with Gasteiger partial charge in [0, 0.05) is 23.8 Å². The third-order valence-corrected chi connectivity index (χ3v) is 3.57. The van der Waals surface area contributed by atoms with Crippen molar-refractivity contribution >= 4 is 21.4 Å². The van der Waals surface area contributed by atoms with E-state index in [1.165, 1.54) is 15.6 Å². The van der Waals surface area contributed by atoms with Crippen LogP contribution in [0.25, 0.3) is 10.1 Å². The van der Waals surface area contributed by atoms with Crippen LogP contribution in [0.2, 0.25) is 0 Å². The smallest absolute Gasteiger partial charge is 0.0346 e. The summed E-state index contributed by atoms with van der Waals surface area (Å²) in [6.45, 7) is 3.69. The highest BCUT2D eigenvalue weighted by atomic mass is 32.1. The standard InChI is InChI=1S/C12H16N2S/c1-9(6-13)14-7-10-8-15-12-5-3-2-4-11(10)12/h2-5,8-9,14H,6-7,13H2,1H3/t9-/m0/s1. The molecular formula is C12H16N2S. The van der Waals surface area contributed by atoms with E-state index in [9.17, 15) is 0 Å². The summed E-state index contributed by atoms with van der Waals surface area (Å²) >= 11 is 1.80. The highest BCUT2D eigenvalue weighted by molar-refractivity contribution is 7.17. The first kappa shape index (κ1) is 10.6. The summed E-state index contributed by atoms with van der Waals surface area (Å²) < 4.78 is 1.36. The van der Waals surface area contributed by atoms with E-state index in [1.54, 1.807) is 11.3 Å². The number of fused-ring (bicyclic) bond motifs is 1. The predicted octanol–water partition coefficient (Wildman–Crippen LogP) is 2.34. The SMILES string of the molecule is C[C@@H](CN)NCc1csc2ccccc12. The molecule has 0 aliphatic rings. The minimum absolute atomic E-state index is 0.378. The van der Waals surface area contributed by atoms with Gasteiger partial charge < -0.3 is 11.1 Å². The average molecular weight is 220 g/mol. The van der Waals surface area contributed by atoms with Crippen LogP contribution in [0.15, 0.2) is 29.6 Å². The molecular weight excluding hydrogens is 204 g/mol. The second-order valence-electron chi connectivity index (χ2n) is 3.77. The van der Waals surface area contributed by atoms with Crippen molar-refractivity contribution in [1.29, 1.82) is 0 Å². The first-order valence-electron chi connectivity index (χ1n) is 5.20. The summed E-state index contributed by atoms with van der Waals surface area (Å²) in [6, 6.07) is 8.89. The van der Waals surface area contributed by atoms with Crippen LogP contribution in [0.3, 0.4) is 0 Å². The largest absolute Gasteiger partial charge is 0.329 e. The zero-order valence-corrected chi connectivity index (χ0v) is 9.68. The molecule has 0 saturated heterocycles. The summed E-state index contributed by atoms with van der Waals surface area (Å²) in [4.78, 5) is 0. The zero-order valence-electron chi connectivity index (χ0n) is 8.86. The summed E-state index contributed by atoms with van der Waals surface area (Å²) in [5.74, 6) is 0. The van der Waals surface area contributed by atoms with Crippen molar-refractivity contribution in [1.82, 2.24) is 5.32 Å². The van der Waals surface area contributed by atoms with E-state index in [4.69, 9.17) is 5.73 Å². The lowest BCUT2D eigenvalue weighted by Crippen LogP contribution is -2.32. The van der Waals surface area contributed by atoms with Gasteiger partial charge in [-0.25, -0.2) is 0 Å². The number of hydrogen-bond acceptors (Lipinski definition) is 3. The fourth-order valence-electron chi connectivity index (χ4n) is 1.54. The third kappa shape index (κ3) is 2.37. The van der Waals surface area contributed by atoms with Gasteiger partial charge in [-0.3, -0.25) is 0 Å².